The molecule has 5 rings (SSSR count). The van der Waals surface area contributed by atoms with E-state index in [1.165, 1.54) is 6.26 Å². The van der Waals surface area contributed by atoms with Crippen LogP contribution in [0.2, 0.25) is 0 Å². The van der Waals surface area contributed by atoms with Crippen molar-refractivity contribution in [1.29, 1.82) is 0 Å². The number of rotatable bonds is 3. The van der Waals surface area contributed by atoms with Crippen molar-refractivity contribution in [2.75, 3.05) is 10.2 Å². The van der Waals surface area contributed by atoms with Crippen LogP contribution in [0.1, 0.15) is 31.3 Å². The molecule has 2 heterocycles. The average Bonchev–Trinajstić information content (AvgIpc) is 3.28. The van der Waals surface area contributed by atoms with Crippen molar-refractivity contribution in [3.05, 3.63) is 95.9 Å². The molecule has 6 nitrogen and oxygen atoms in total. The van der Waals surface area contributed by atoms with E-state index in [-0.39, 0.29) is 23.5 Å². The summed E-state index contributed by atoms with van der Waals surface area (Å²) < 4.78 is 5.07. The molecule has 1 aliphatic rings. The molecule has 0 unspecified atom stereocenters. The molecule has 1 aliphatic heterocycles. The fourth-order valence-corrected chi connectivity index (χ4v) is 3.56. The van der Waals surface area contributed by atoms with Gasteiger partial charge in [0.25, 0.3) is 17.7 Å². The zero-order chi connectivity index (χ0) is 20.0. The lowest BCUT2D eigenvalue weighted by Gasteiger charge is -2.27. The summed E-state index contributed by atoms with van der Waals surface area (Å²) in [6.45, 7) is 0. The van der Waals surface area contributed by atoms with E-state index in [0.717, 1.165) is 10.3 Å². The van der Waals surface area contributed by atoms with Gasteiger partial charge in [-0.1, -0.05) is 24.3 Å². The first kappa shape index (κ1) is 16.9. The van der Waals surface area contributed by atoms with Crippen molar-refractivity contribution >= 4 is 39.9 Å². The van der Waals surface area contributed by atoms with Crippen molar-refractivity contribution in [2.24, 2.45) is 0 Å². The maximum atomic E-state index is 13.1. The standard InChI is InChI=1S/C23H14N2O4/c26-21(19-8-3-13-29-19)24-15-9-11-16(12-10-15)25-22(27)17-6-1-4-14-5-2-7-18(20(14)17)23(25)28/h1-13H,(H,24,26). The van der Waals surface area contributed by atoms with Gasteiger partial charge in [0.15, 0.2) is 5.76 Å². The molecular weight excluding hydrogens is 368 g/mol. The number of anilines is 2. The second kappa shape index (κ2) is 6.45. The number of benzene rings is 3. The topological polar surface area (TPSA) is 79.6 Å². The smallest absolute Gasteiger partial charge is 0.291 e. The molecule has 1 aromatic heterocycles. The number of carbonyl (C=O) groups excluding carboxylic acids is 3. The summed E-state index contributed by atoms with van der Waals surface area (Å²) in [5.74, 6) is -0.924. The molecule has 0 bridgehead atoms. The minimum atomic E-state index is -0.381. The average molecular weight is 382 g/mol. The summed E-state index contributed by atoms with van der Waals surface area (Å²) in [5, 5.41) is 4.25. The van der Waals surface area contributed by atoms with Crippen LogP contribution in [0.15, 0.2) is 83.5 Å². The fraction of sp³-hybridized carbons (Fsp3) is 0. The number of amides is 3. The number of nitrogens with one attached hydrogen (secondary N) is 1. The molecule has 0 saturated carbocycles. The van der Waals surface area contributed by atoms with Gasteiger partial charge in [0.05, 0.1) is 12.0 Å². The highest BCUT2D eigenvalue weighted by Crippen LogP contribution is 2.33. The second-order valence-electron chi connectivity index (χ2n) is 6.63. The summed E-state index contributed by atoms with van der Waals surface area (Å²) in [7, 11) is 0. The Balaban J connectivity index is 1.48. The van der Waals surface area contributed by atoms with E-state index in [2.05, 4.69) is 5.32 Å². The van der Waals surface area contributed by atoms with Gasteiger partial charge in [-0.2, -0.15) is 0 Å². The lowest BCUT2D eigenvalue weighted by molar-refractivity contribution is 0.0892. The van der Waals surface area contributed by atoms with E-state index < -0.39 is 0 Å². The van der Waals surface area contributed by atoms with E-state index in [9.17, 15) is 14.4 Å². The molecule has 29 heavy (non-hydrogen) atoms. The van der Waals surface area contributed by atoms with Crippen LogP contribution in [0.5, 0.6) is 0 Å². The van der Waals surface area contributed by atoms with Gasteiger partial charge in [-0.05, 0) is 53.9 Å². The van der Waals surface area contributed by atoms with Crippen LogP contribution < -0.4 is 10.2 Å². The van der Waals surface area contributed by atoms with Crippen molar-refractivity contribution in [3.63, 3.8) is 0 Å². The molecule has 0 atom stereocenters. The van der Waals surface area contributed by atoms with Crippen molar-refractivity contribution < 1.29 is 18.8 Å². The van der Waals surface area contributed by atoms with Crippen LogP contribution in [0, 0.1) is 0 Å². The molecule has 140 valence electrons. The van der Waals surface area contributed by atoms with Gasteiger partial charge in [-0.3, -0.25) is 14.4 Å². The lowest BCUT2D eigenvalue weighted by Crippen LogP contribution is -2.40. The first-order valence-electron chi connectivity index (χ1n) is 8.99. The van der Waals surface area contributed by atoms with Gasteiger partial charge in [0.2, 0.25) is 0 Å². The Morgan fingerprint density at radius 1 is 0.793 bits per heavy atom. The van der Waals surface area contributed by atoms with Gasteiger partial charge in [0.1, 0.15) is 0 Å². The Labute approximate surface area is 165 Å². The van der Waals surface area contributed by atoms with E-state index >= 15 is 0 Å². The quantitative estimate of drug-likeness (QED) is 0.530. The predicted molar refractivity (Wildman–Crippen MR) is 108 cm³/mol. The SMILES string of the molecule is O=C(Nc1ccc(N2C(=O)c3cccc4cccc(c34)C2=O)cc1)c1ccco1. The van der Waals surface area contributed by atoms with Crippen molar-refractivity contribution in [2.45, 2.75) is 0 Å². The monoisotopic (exact) mass is 382 g/mol. The number of furan rings is 1. The molecule has 0 fully saturated rings. The largest absolute Gasteiger partial charge is 0.459 e. The third kappa shape index (κ3) is 2.70. The van der Waals surface area contributed by atoms with Crippen molar-refractivity contribution in [3.8, 4) is 0 Å². The molecule has 0 spiro atoms. The zero-order valence-electron chi connectivity index (χ0n) is 15.1. The predicted octanol–water partition coefficient (Wildman–Crippen LogP) is 4.49. The van der Waals surface area contributed by atoms with Gasteiger partial charge < -0.3 is 9.73 Å². The lowest BCUT2D eigenvalue weighted by atomic mass is 9.94. The molecule has 6 heteroatoms. The summed E-state index contributed by atoms with van der Waals surface area (Å²) in [4.78, 5) is 39.4. The molecule has 1 N–H and O–H groups in total. The Morgan fingerprint density at radius 2 is 1.45 bits per heavy atom. The zero-order valence-corrected chi connectivity index (χ0v) is 15.1. The second-order valence-corrected chi connectivity index (χ2v) is 6.63. The third-order valence-electron chi connectivity index (χ3n) is 4.90. The normalized spacial score (nSPS) is 13.0. The minimum absolute atomic E-state index is 0.195. The Hall–Kier alpha value is -4.19. The van der Waals surface area contributed by atoms with Crippen LogP contribution in [0.25, 0.3) is 10.8 Å². The first-order chi connectivity index (χ1) is 14.1. The van der Waals surface area contributed by atoms with E-state index in [1.54, 1.807) is 60.7 Å². The summed E-state index contributed by atoms with van der Waals surface area (Å²) >= 11 is 0. The van der Waals surface area contributed by atoms with Crippen LogP contribution in [-0.4, -0.2) is 17.7 Å². The molecule has 3 aromatic carbocycles. The fourth-order valence-electron chi connectivity index (χ4n) is 3.56. The summed E-state index contributed by atoms with van der Waals surface area (Å²) in [5.41, 5.74) is 1.94. The van der Waals surface area contributed by atoms with Crippen LogP contribution in [-0.2, 0) is 0 Å². The van der Waals surface area contributed by atoms with Crippen molar-refractivity contribution in [1.82, 2.24) is 0 Å². The molecule has 4 aromatic rings. The van der Waals surface area contributed by atoms with Gasteiger partial charge in [-0.25, -0.2) is 4.90 Å². The van der Waals surface area contributed by atoms with E-state index in [4.69, 9.17) is 4.42 Å². The molecule has 3 amide bonds. The number of hydrogen-bond donors (Lipinski definition) is 1. The van der Waals surface area contributed by atoms with E-state index in [1.807, 2.05) is 12.1 Å². The molecule has 0 radical (unpaired) electrons. The van der Waals surface area contributed by atoms with Crippen LogP contribution in [0.4, 0.5) is 11.4 Å². The summed E-state index contributed by atoms with van der Waals surface area (Å²) in [6.07, 6.45) is 1.42. The maximum Gasteiger partial charge on any atom is 0.291 e. The van der Waals surface area contributed by atoms with Crippen LogP contribution in [0.3, 0.4) is 0 Å². The molecular formula is C23H14N2O4. The first-order valence-corrected chi connectivity index (χ1v) is 8.99. The Bertz CT molecular complexity index is 1220. The number of imide groups is 1. The number of hydrogen-bond acceptors (Lipinski definition) is 4. The van der Waals surface area contributed by atoms with Gasteiger partial charge >= 0.3 is 0 Å². The van der Waals surface area contributed by atoms with Gasteiger partial charge in [-0.15, -0.1) is 0 Å². The highest BCUT2D eigenvalue weighted by atomic mass is 16.3. The Morgan fingerprint density at radius 3 is 2.03 bits per heavy atom. The highest BCUT2D eigenvalue weighted by molar-refractivity contribution is 6.35. The number of carbonyl (C=O) groups is 3. The molecule has 0 aliphatic carbocycles. The van der Waals surface area contributed by atoms with Crippen LogP contribution >= 0.6 is 0 Å². The number of nitrogens with zero attached hydrogens (tertiary/aromatic N) is 1. The van der Waals surface area contributed by atoms with E-state index in [0.29, 0.717) is 27.9 Å². The molecule has 0 saturated heterocycles. The minimum Gasteiger partial charge on any atom is -0.459 e. The Kier molecular flexibility index (Phi) is 3.77. The maximum absolute atomic E-state index is 13.1. The van der Waals surface area contributed by atoms with Gasteiger partial charge in [0, 0.05) is 22.2 Å². The highest BCUT2D eigenvalue weighted by Gasteiger charge is 2.33. The summed E-state index contributed by atoms with van der Waals surface area (Å²) in [6, 6.07) is 20.6. The third-order valence-corrected chi connectivity index (χ3v) is 4.90.